The molecule has 0 radical (unpaired) electrons. The van der Waals surface area contributed by atoms with Crippen LogP contribution >= 0.6 is 11.3 Å². The number of ether oxygens (including phenoxy) is 1. The lowest BCUT2D eigenvalue weighted by atomic mass is 10.1. The van der Waals surface area contributed by atoms with Gasteiger partial charge < -0.3 is 14.7 Å². The Morgan fingerprint density at radius 3 is 2.74 bits per heavy atom. The SMILES string of the molecule is CC(O)c1cc([N+](=O)[O-])c(N(C)C2CCOCC2)s1. The first-order valence-electron chi connectivity index (χ1n) is 6.27. The minimum Gasteiger partial charge on any atom is -0.388 e. The van der Waals surface area contributed by atoms with E-state index >= 15 is 0 Å². The first kappa shape index (κ1) is 14.2. The number of nitrogens with zero attached hydrogens (tertiary/aromatic N) is 2. The summed E-state index contributed by atoms with van der Waals surface area (Å²) in [6, 6.07) is 1.73. The van der Waals surface area contributed by atoms with Crippen LogP contribution < -0.4 is 4.90 Å². The predicted molar refractivity (Wildman–Crippen MR) is 73.9 cm³/mol. The van der Waals surface area contributed by atoms with Gasteiger partial charge in [0, 0.05) is 37.2 Å². The molecule has 2 heterocycles. The van der Waals surface area contributed by atoms with Crippen molar-refractivity contribution in [2.45, 2.75) is 31.9 Å². The third kappa shape index (κ3) is 3.05. The van der Waals surface area contributed by atoms with Gasteiger partial charge in [-0.1, -0.05) is 0 Å². The summed E-state index contributed by atoms with van der Waals surface area (Å²) in [4.78, 5) is 13.3. The maximum Gasteiger partial charge on any atom is 0.304 e. The van der Waals surface area contributed by atoms with Gasteiger partial charge in [-0.15, -0.1) is 11.3 Å². The Morgan fingerprint density at radius 1 is 1.58 bits per heavy atom. The van der Waals surface area contributed by atoms with E-state index in [-0.39, 0.29) is 16.7 Å². The van der Waals surface area contributed by atoms with Crippen molar-refractivity contribution in [3.63, 3.8) is 0 Å². The Balaban J connectivity index is 2.28. The fraction of sp³-hybridized carbons (Fsp3) is 0.667. The summed E-state index contributed by atoms with van der Waals surface area (Å²) in [6.07, 6.45) is 1.06. The van der Waals surface area contributed by atoms with Crippen LogP contribution in [-0.4, -0.2) is 36.3 Å². The first-order chi connectivity index (χ1) is 9.00. The number of hydrogen-bond donors (Lipinski definition) is 1. The van der Waals surface area contributed by atoms with Crippen LogP contribution in [0.25, 0.3) is 0 Å². The molecule has 1 aliphatic rings. The molecule has 0 saturated carbocycles. The lowest BCUT2D eigenvalue weighted by Gasteiger charge is -2.31. The van der Waals surface area contributed by atoms with Gasteiger partial charge in [0.1, 0.15) is 0 Å². The van der Waals surface area contributed by atoms with Crippen molar-refractivity contribution >= 4 is 22.0 Å². The predicted octanol–water partition coefficient (Wildman–Crippen LogP) is 2.32. The molecular weight excluding hydrogens is 268 g/mol. The highest BCUT2D eigenvalue weighted by Gasteiger charge is 2.28. The second kappa shape index (κ2) is 5.85. The molecule has 0 aromatic carbocycles. The summed E-state index contributed by atoms with van der Waals surface area (Å²) in [6.45, 7) is 3.00. The van der Waals surface area contributed by atoms with Crippen LogP contribution in [0.1, 0.15) is 30.7 Å². The van der Waals surface area contributed by atoms with Gasteiger partial charge >= 0.3 is 5.69 Å². The van der Waals surface area contributed by atoms with E-state index in [1.54, 1.807) is 6.92 Å². The largest absolute Gasteiger partial charge is 0.388 e. The van der Waals surface area contributed by atoms with E-state index in [2.05, 4.69) is 0 Å². The number of rotatable bonds is 4. The third-order valence-corrected chi connectivity index (χ3v) is 4.77. The Morgan fingerprint density at radius 2 is 2.21 bits per heavy atom. The van der Waals surface area contributed by atoms with Crippen molar-refractivity contribution in [2.24, 2.45) is 0 Å². The lowest BCUT2D eigenvalue weighted by molar-refractivity contribution is -0.383. The molecule has 19 heavy (non-hydrogen) atoms. The number of aliphatic hydroxyl groups excluding tert-OH is 1. The van der Waals surface area contributed by atoms with Crippen molar-refractivity contribution in [3.8, 4) is 0 Å². The molecule has 6 nitrogen and oxygen atoms in total. The van der Waals surface area contributed by atoms with Crippen molar-refractivity contribution < 1.29 is 14.8 Å². The summed E-state index contributed by atoms with van der Waals surface area (Å²) in [5.41, 5.74) is 0.0786. The monoisotopic (exact) mass is 286 g/mol. The average molecular weight is 286 g/mol. The molecule has 1 unspecified atom stereocenters. The highest BCUT2D eigenvalue weighted by atomic mass is 32.1. The Kier molecular flexibility index (Phi) is 4.38. The molecule has 106 valence electrons. The number of thiophene rings is 1. The topological polar surface area (TPSA) is 75.8 Å². The van der Waals surface area contributed by atoms with Crippen LogP contribution in [0.15, 0.2) is 6.07 Å². The maximum absolute atomic E-state index is 11.1. The molecule has 1 atom stereocenters. The zero-order chi connectivity index (χ0) is 14.0. The van der Waals surface area contributed by atoms with Crippen molar-refractivity contribution in [1.82, 2.24) is 0 Å². The molecule has 0 bridgehead atoms. The molecule has 2 rings (SSSR count). The Labute approximate surface area is 115 Å². The molecule has 0 amide bonds. The van der Waals surface area contributed by atoms with Gasteiger partial charge in [0.15, 0.2) is 5.00 Å². The number of hydrogen-bond acceptors (Lipinski definition) is 6. The molecule has 1 aromatic heterocycles. The summed E-state index contributed by atoms with van der Waals surface area (Å²) in [7, 11) is 1.88. The second-order valence-electron chi connectivity index (χ2n) is 4.73. The van der Waals surface area contributed by atoms with Crippen molar-refractivity contribution in [1.29, 1.82) is 0 Å². The average Bonchev–Trinajstić information content (AvgIpc) is 2.84. The van der Waals surface area contributed by atoms with E-state index in [9.17, 15) is 15.2 Å². The maximum atomic E-state index is 11.1. The standard InChI is InChI=1S/C12H18N2O4S/c1-8(15)11-7-10(14(16)17)12(19-11)13(2)9-3-5-18-6-4-9/h7-9,15H,3-6H2,1-2H3. The smallest absolute Gasteiger partial charge is 0.304 e. The molecule has 1 N–H and O–H groups in total. The Hall–Kier alpha value is -1.18. The van der Waals surface area contributed by atoms with Crippen LogP contribution in [0.4, 0.5) is 10.7 Å². The summed E-state index contributed by atoms with van der Waals surface area (Å²) >= 11 is 1.29. The quantitative estimate of drug-likeness (QED) is 0.679. The fourth-order valence-corrected chi connectivity index (χ4v) is 3.31. The van der Waals surface area contributed by atoms with Gasteiger partial charge in [-0.3, -0.25) is 10.1 Å². The molecule has 1 fully saturated rings. The number of aliphatic hydroxyl groups is 1. The van der Waals surface area contributed by atoms with Gasteiger partial charge in [0.05, 0.1) is 11.0 Å². The van der Waals surface area contributed by atoms with Crippen LogP contribution in [-0.2, 0) is 4.74 Å². The van der Waals surface area contributed by atoms with E-state index in [1.807, 2.05) is 11.9 Å². The Bertz CT molecular complexity index is 455. The van der Waals surface area contributed by atoms with Crippen molar-refractivity contribution in [3.05, 3.63) is 21.1 Å². The second-order valence-corrected chi connectivity index (χ2v) is 5.79. The molecule has 1 saturated heterocycles. The highest BCUT2D eigenvalue weighted by molar-refractivity contribution is 7.16. The van der Waals surface area contributed by atoms with Crippen LogP contribution in [0, 0.1) is 10.1 Å². The van der Waals surface area contributed by atoms with Gasteiger partial charge in [0.2, 0.25) is 0 Å². The van der Waals surface area contributed by atoms with E-state index in [0.717, 1.165) is 12.8 Å². The van der Waals surface area contributed by atoms with Gasteiger partial charge in [0.25, 0.3) is 0 Å². The molecule has 0 aliphatic carbocycles. The zero-order valence-corrected chi connectivity index (χ0v) is 11.9. The van der Waals surface area contributed by atoms with Gasteiger partial charge in [-0.2, -0.15) is 0 Å². The fourth-order valence-electron chi connectivity index (χ4n) is 2.22. The van der Waals surface area contributed by atoms with Crippen LogP contribution in [0.2, 0.25) is 0 Å². The van der Waals surface area contributed by atoms with Crippen molar-refractivity contribution in [2.75, 3.05) is 25.2 Å². The summed E-state index contributed by atoms with van der Waals surface area (Å²) in [5.74, 6) is 0. The molecule has 1 aromatic rings. The lowest BCUT2D eigenvalue weighted by Crippen LogP contribution is -2.36. The van der Waals surface area contributed by atoms with E-state index < -0.39 is 6.10 Å². The first-order valence-corrected chi connectivity index (χ1v) is 7.09. The van der Waals surface area contributed by atoms with Crippen LogP contribution in [0.5, 0.6) is 0 Å². The molecule has 7 heteroatoms. The normalized spacial score (nSPS) is 18.3. The number of nitro groups is 1. The minimum atomic E-state index is -0.680. The third-order valence-electron chi connectivity index (χ3n) is 3.38. The molecule has 1 aliphatic heterocycles. The molecular formula is C12H18N2O4S. The van der Waals surface area contributed by atoms with E-state index in [0.29, 0.717) is 23.1 Å². The van der Waals surface area contributed by atoms with E-state index in [4.69, 9.17) is 4.74 Å². The van der Waals surface area contributed by atoms with Crippen LogP contribution in [0.3, 0.4) is 0 Å². The summed E-state index contributed by atoms with van der Waals surface area (Å²) < 4.78 is 5.31. The van der Waals surface area contributed by atoms with Gasteiger partial charge in [-0.05, 0) is 19.8 Å². The molecule has 0 spiro atoms. The summed E-state index contributed by atoms with van der Waals surface area (Å²) in [5, 5.41) is 21.3. The van der Waals surface area contributed by atoms with Gasteiger partial charge in [-0.25, -0.2) is 0 Å². The zero-order valence-electron chi connectivity index (χ0n) is 11.0. The minimum absolute atomic E-state index is 0.0786. The number of anilines is 1. The van der Waals surface area contributed by atoms with E-state index in [1.165, 1.54) is 17.4 Å². The highest BCUT2D eigenvalue weighted by Crippen LogP contribution is 2.41.